The van der Waals surface area contributed by atoms with E-state index in [0.717, 1.165) is 16.6 Å². The average molecular weight is 321 g/mol. The van der Waals surface area contributed by atoms with Gasteiger partial charge >= 0.3 is 0 Å². The SMILES string of the molecule is CCn1cc(/C=N/NC(=O)c2ccc(Br)cc2)cn1. The van der Waals surface area contributed by atoms with E-state index in [-0.39, 0.29) is 5.91 Å². The molecule has 1 aromatic carbocycles. The normalized spacial score (nSPS) is 10.8. The minimum atomic E-state index is -0.244. The van der Waals surface area contributed by atoms with Crippen LogP contribution in [0.4, 0.5) is 0 Å². The predicted molar refractivity (Wildman–Crippen MR) is 77.1 cm³/mol. The van der Waals surface area contributed by atoms with Crippen LogP contribution >= 0.6 is 15.9 Å². The van der Waals surface area contributed by atoms with Gasteiger partial charge in [-0.05, 0) is 31.2 Å². The molecule has 0 atom stereocenters. The van der Waals surface area contributed by atoms with Gasteiger partial charge in [0, 0.05) is 28.3 Å². The van der Waals surface area contributed by atoms with Crippen LogP contribution in [0.5, 0.6) is 0 Å². The van der Waals surface area contributed by atoms with Crippen molar-refractivity contribution in [3.8, 4) is 0 Å². The molecule has 1 N–H and O–H groups in total. The first-order valence-electron chi connectivity index (χ1n) is 5.80. The van der Waals surface area contributed by atoms with Crippen molar-refractivity contribution in [2.24, 2.45) is 5.10 Å². The first kappa shape index (κ1) is 13.5. The van der Waals surface area contributed by atoms with Gasteiger partial charge in [0.05, 0.1) is 12.4 Å². The first-order chi connectivity index (χ1) is 9.19. The van der Waals surface area contributed by atoms with Gasteiger partial charge in [-0.15, -0.1) is 0 Å². The summed E-state index contributed by atoms with van der Waals surface area (Å²) in [6, 6.07) is 7.07. The number of halogens is 1. The van der Waals surface area contributed by atoms with Crippen LogP contribution in [0.25, 0.3) is 0 Å². The van der Waals surface area contributed by atoms with E-state index in [1.807, 2.05) is 25.3 Å². The van der Waals surface area contributed by atoms with Crippen LogP contribution in [0.1, 0.15) is 22.8 Å². The molecule has 0 unspecified atom stereocenters. The lowest BCUT2D eigenvalue weighted by atomic mass is 10.2. The Hall–Kier alpha value is -1.95. The molecular weight excluding hydrogens is 308 g/mol. The van der Waals surface area contributed by atoms with Gasteiger partial charge in [-0.25, -0.2) is 5.43 Å². The van der Waals surface area contributed by atoms with Gasteiger partial charge in [0.25, 0.3) is 5.91 Å². The molecule has 6 heteroatoms. The van der Waals surface area contributed by atoms with Gasteiger partial charge in [0.1, 0.15) is 0 Å². The molecule has 2 aromatic rings. The number of nitrogens with one attached hydrogen (secondary N) is 1. The summed E-state index contributed by atoms with van der Waals surface area (Å²) in [4.78, 5) is 11.7. The number of benzene rings is 1. The summed E-state index contributed by atoms with van der Waals surface area (Å²) in [6.45, 7) is 2.81. The molecule has 0 aliphatic rings. The molecule has 2 rings (SSSR count). The maximum absolute atomic E-state index is 11.7. The van der Waals surface area contributed by atoms with E-state index >= 15 is 0 Å². The molecule has 5 nitrogen and oxygen atoms in total. The van der Waals surface area contributed by atoms with E-state index in [4.69, 9.17) is 0 Å². The first-order valence-corrected chi connectivity index (χ1v) is 6.60. The third-order valence-electron chi connectivity index (χ3n) is 2.46. The van der Waals surface area contributed by atoms with Crippen LogP contribution in [0, 0.1) is 0 Å². The number of aryl methyl sites for hydroxylation is 1. The molecule has 0 saturated heterocycles. The molecule has 19 heavy (non-hydrogen) atoms. The fraction of sp³-hybridized carbons (Fsp3) is 0.154. The molecule has 0 saturated carbocycles. The lowest BCUT2D eigenvalue weighted by molar-refractivity contribution is 0.0955. The lowest BCUT2D eigenvalue weighted by Crippen LogP contribution is -2.17. The molecule has 1 amide bonds. The van der Waals surface area contributed by atoms with E-state index in [9.17, 15) is 4.79 Å². The zero-order valence-electron chi connectivity index (χ0n) is 10.4. The van der Waals surface area contributed by atoms with Gasteiger partial charge in [-0.2, -0.15) is 10.2 Å². The third-order valence-corrected chi connectivity index (χ3v) is 2.99. The maximum atomic E-state index is 11.7. The van der Waals surface area contributed by atoms with Crippen LogP contribution in [-0.4, -0.2) is 21.9 Å². The Morgan fingerprint density at radius 2 is 2.21 bits per heavy atom. The fourth-order valence-corrected chi connectivity index (χ4v) is 1.71. The molecule has 0 aliphatic carbocycles. The van der Waals surface area contributed by atoms with Gasteiger partial charge in [-0.3, -0.25) is 9.48 Å². The summed E-state index contributed by atoms with van der Waals surface area (Å²) in [5.41, 5.74) is 3.88. The second kappa shape index (κ2) is 6.29. The molecule has 0 radical (unpaired) electrons. The van der Waals surface area contributed by atoms with Crippen molar-refractivity contribution in [3.63, 3.8) is 0 Å². The van der Waals surface area contributed by atoms with E-state index in [0.29, 0.717) is 5.56 Å². The van der Waals surface area contributed by atoms with Crippen LogP contribution in [0.2, 0.25) is 0 Å². The van der Waals surface area contributed by atoms with Crippen molar-refractivity contribution in [1.82, 2.24) is 15.2 Å². The number of amides is 1. The number of hydrogen-bond donors (Lipinski definition) is 1. The van der Waals surface area contributed by atoms with Crippen molar-refractivity contribution >= 4 is 28.1 Å². The summed E-state index contributed by atoms with van der Waals surface area (Å²) in [6.07, 6.45) is 5.12. The third kappa shape index (κ3) is 3.75. The standard InChI is InChI=1S/C13H13BrN4O/c1-2-18-9-10(8-16-18)7-15-17-13(19)11-3-5-12(14)6-4-11/h3-9H,2H2,1H3,(H,17,19)/b15-7+. The van der Waals surface area contributed by atoms with Gasteiger partial charge in [-0.1, -0.05) is 15.9 Å². The van der Waals surface area contributed by atoms with Gasteiger partial charge in [0.15, 0.2) is 0 Å². The van der Waals surface area contributed by atoms with Crippen LogP contribution in [-0.2, 0) is 6.54 Å². The molecule has 0 spiro atoms. The number of aromatic nitrogens is 2. The molecular formula is C13H13BrN4O. The summed E-state index contributed by atoms with van der Waals surface area (Å²) >= 11 is 3.32. The maximum Gasteiger partial charge on any atom is 0.271 e. The minimum absolute atomic E-state index is 0.244. The summed E-state index contributed by atoms with van der Waals surface area (Å²) in [5.74, 6) is -0.244. The minimum Gasteiger partial charge on any atom is -0.272 e. The molecule has 0 aliphatic heterocycles. The number of carbonyl (C=O) groups excluding carboxylic acids is 1. The Bertz CT molecular complexity index is 589. The van der Waals surface area contributed by atoms with Crippen molar-refractivity contribution in [1.29, 1.82) is 0 Å². The quantitative estimate of drug-likeness (QED) is 0.694. The number of hydrogen-bond acceptors (Lipinski definition) is 3. The van der Waals surface area contributed by atoms with Crippen molar-refractivity contribution in [3.05, 3.63) is 52.3 Å². The summed E-state index contributed by atoms with van der Waals surface area (Å²) < 4.78 is 2.72. The summed E-state index contributed by atoms with van der Waals surface area (Å²) in [5, 5.41) is 8.01. The number of rotatable bonds is 4. The van der Waals surface area contributed by atoms with Gasteiger partial charge in [0.2, 0.25) is 0 Å². The molecule has 1 heterocycles. The highest BCUT2D eigenvalue weighted by Crippen LogP contribution is 2.10. The number of nitrogens with zero attached hydrogens (tertiary/aromatic N) is 3. The van der Waals surface area contributed by atoms with Crippen molar-refractivity contribution in [2.45, 2.75) is 13.5 Å². The van der Waals surface area contributed by atoms with Crippen LogP contribution < -0.4 is 5.43 Å². The number of carbonyl (C=O) groups is 1. The Balaban J connectivity index is 1.94. The zero-order valence-corrected chi connectivity index (χ0v) is 12.0. The molecule has 0 fully saturated rings. The average Bonchev–Trinajstić information content (AvgIpc) is 2.87. The topological polar surface area (TPSA) is 59.3 Å². The van der Waals surface area contributed by atoms with Crippen LogP contribution in [0.3, 0.4) is 0 Å². The zero-order chi connectivity index (χ0) is 13.7. The van der Waals surface area contributed by atoms with Gasteiger partial charge < -0.3 is 0 Å². The fourth-order valence-electron chi connectivity index (χ4n) is 1.45. The Kier molecular flexibility index (Phi) is 4.46. The largest absolute Gasteiger partial charge is 0.272 e. The molecule has 0 bridgehead atoms. The smallest absolute Gasteiger partial charge is 0.271 e. The highest BCUT2D eigenvalue weighted by Gasteiger charge is 2.02. The second-order valence-corrected chi connectivity index (χ2v) is 4.75. The van der Waals surface area contributed by atoms with E-state index in [1.54, 1.807) is 29.2 Å². The monoisotopic (exact) mass is 320 g/mol. The van der Waals surface area contributed by atoms with E-state index < -0.39 is 0 Å². The van der Waals surface area contributed by atoms with E-state index in [2.05, 4.69) is 31.6 Å². The van der Waals surface area contributed by atoms with Crippen molar-refractivity contribution < 1.29 is 4.79 Å². The van der Waals surface area contributed by atoms with Crippen molar-refractivity contribution in [2.75, 3.05) is 0 Å². The summed E-state index contributed by atoms with van der Waals surface area (Å²) in [7, 11) is 0. The highest BCUT2D eigenvalue weighted by molar-refractivity contribution is 9.10. The Morgan fingerprint density at radius 1 is 1.47 bits per heavy atom. The molecule has 1 aromatic heterocycles. The second-order valence-electron chi connectivity index (χ2n) is 3.84. The number of hydrazone groups is 1. The predicted octanol–water partition coefficient (Wildman–Crippen LogP) is 2.43. The lowest BCUT2D eigenvalue weighted by Gasteiger charge is -1.99. The highest BCUT2D eigenvalue weighted by atomic mass is 79.9. The molecule has 98 valence electrons. The Morgan fingerprint density at radius 3 is 2.84 bits per heavy atom. The van der Waals surface area contributed by atoms with Crippen LogP contribution in [0.15, 0.2) is 46.2 Å². The van der Waals surface area contributed by atoms with E-state index in [1.165, 1.54) is 0 Å². The Labute approximate surface area is 119 Å².